The van der Waals surface area contributed by atoms with Gasteiger partial charge in [-0.15, -0.1) is 0 Å². The number of anilines is 1. The molecule has 142 valence electrons. The van der Waals surface area contributed by atoms with Gasteiger partial charge >= 0.3 is 0 Å². The van der Waals surface area contributed by atoms with Gasteiger partial charge in [-0.1, -0.05) is 26.7 Å². The number of ether oxygens (including phenoxy) is 1. The lowest BCUT2D eigenvalue weighted by Crippen LogP contribution is -2.46. The Bertz CT molecular complexity index is 689. The van der Waals surface area contributed by atoms with Gasteiger partial charge in [0.25, 0.3) is 11.6 Å². The first kappa shape index (κ1) is 19.7. The van der Waals surface area contributed by atoms with Crippen LogP contribution in [0.25, 0.3) is 0 Å². The normalized spacial score (nSPS) is 14.6. The second-order valence-electron chi connectivity index (χ2n) is 6.97. The summed E-state index contributed by atoms with van der Waals surface area (Å²) in [7, 11) is 0. The van der Waals surface area contributed by atoms with Crippen LogP contribution in [0.3, 0.4) is 0 Å². The molecule has 2 rings (SSSR count). The number of nitrogens with one attached hydrogen (secondary N) is 1. The molecule has 0 saturated carbocycles. The molecule has 1 N–H and O–H groups in total. The molecular formula is C18H25N3O5. The first-order valence-corrected chi connectivity index (χ1v) is 8.79. The van der Waals surface area contributed by atoms with Gasteiger partial charge in [0.05, 0.1) is 10.6 Å². The van der Waals surface area contributed by atoms with E-state index in [0.29, 0.717) is 11.7 Å². The van der Waals surface area contributed by atoms with Crippen LogP contribution in [-0.4, -0.2) is 35.9 Å². The third-order valence-electron chi connectivity index (χ3n) is 4.22. The molecule has 0 bridgehead atoms. The van der Waals surface area contributed by atoms with Crippen molar-refractivity contribution in [3.63, 3.8) is 0 Å². The highest BCUT2D eigenvalue weighted by Crippen LogP contribution is 2.35. The number of amides is 2. The van der Waals surface area contributed by atoms with Crippen molar-refractivity contribution in [1.82, 2.24) is 5.32 Å². The number of fused-ring (bicyclic) bond motifs is 1. The molecule has 1 aliphatic rings. The summed E-state index contributed by atoms with van der Waals surface area (Å²) in [5, 5.41) is 13.9. The fourth-order valence-electron chi connectivity index (χ4n) is 2.85. The Kier molecular flexibility index (Phi) is 6.54. The number of nitro groups is 1. The summed E-state index contributed by atoms with van der Waals surface area (Å²) in [6.07, 6.45) is 2.98. The largest absolute Gasteiger partial charge is 0.482 e. The van der Waals surface area contributed by atoms with Gasteiger partial charge in [-0.25, -0.2) is 0 Å². The molecule has 8 nitrogen and oxygen atoms in total. The van der Waals surface area contributed by atoms with Gasteiger partial charge < -0.3 is 10.1 Å². The van der Waals surface area contributed by atoms with Crippen LogP contribution in [0.4, 0.5) is 11.4 Å². The van der Waals surface area contributed by atoms with Crippen LogP contribution >= 0.6 is 0 Å². The van der Waals surface area contributed by atoms with Crippen LogP contribution in [0.1, 0.15) is 40.0 Å². The standard InChI is InChI=1S/C18H25N3O5/c1-12(2)5-4-6-13(3)19-17(22)10-20-15-9-14(21(24)25)7-8-16(15)26-11-18(20)23/h7-9,12-13H,4-6,10-11H2,1-3H3,(H,19,22). The van der Waals surface area contributed by atoms with E-state index >= 15 is 0 Å². The first-order chi connectivity index (χ1) is 12.3. The number of carbonyl (C=O) groups is 2. The smallest absolute Gasteiger partial charge is 0.271 e. The van der Waals surface area contributed by atoms with Gasteiger partial charge in [0.15, 0.2) is 6.61 Å². The van der Waals surface area contributed by atoms with Gasteiger partial charge in [-0.05, 0) is 25.3 Å². The molecule has 0 aliphatic carbocycles. The zero-order chi connectivity index (χ0) is 19.3. The minimum Gasteiger partial charge on any atom is -0.482 e. The van der Waals surface area contributed by atoms with Gasteiger partial charge in [-0.2, -0.15) is 0 Å². The summed E-state index contributed by atoms with van der Waals surface area (Å²) in [5.41, 5.74) is 0.0903. The fourth-order valence-corrected chi connectivity index (χ4v) is 2.85. The molecule has 0 saturated heterocycles. The average molecular weight is 363 g/mol. The molecule has 1 heterocycles. The first-order valence-electron chi connectivity index (χ1n) is 8.79. The van der Waals surface area contributed by atoms with Crippen molar-refractivity contribution in [3.05, 3.63) is 28.3 Å². The molecule has 0 aromatic heterocycles. The van der Waals surface area contributed by atoms with Gasteiger partial charge in [0.1, 0.15) is 12.3 Å². The molecule has 26 heavy (non-hydrogen) atoms. The topological polar surface area (TPSA) is 102 Å². The van der Waals surface area contributed by atoms with Crippen molar-refractivity contribution in [2.45, 2.75) is 46.1 Å². The fraction of sp³-hybridized carbons (Fsp3) is 0.556. The van der Waals surface area contributed by atoms with Crippen LogP contribution in [0.2, 0.25) is 0 Å². The minimum atomic E-state index is -0.547. The zero-order valence-corrected chi connectivity index (χ0v) is 15.4. The van der Waals surface area contributed by atoms with Gasteiger partial charge in [0, 0.05) is 18.2 Å². The van der Waals surface area contributed by atoms with E-state index in [1.54, 1.807) is 0 Å². The number of hydrogen-bond acceptors (Lipinski definition) is 5. The lowest BCUT2D eigenvalue weighted by molar-refractivity contribution is -0.384. The van der Waals surface area contributed by atoms with E-state index in [-0.39, 0.29) is 36.5 Å². The SMILES string of the molecule is CC(C)CCCC(C)NC(=O)CN1C(=O)COc2ccc([N+](=O)[O-])cc21. The number of nitro benzene ring substituents is 1. The maximum atomic E-state index is 12.3. The molecule has 1 unspecified atom stereocenters. The number of nitrogens with zero attached hydrogens (tertiary/aromatic N) is 2. The molecule has 0 radical (unpaired) electrons. The second-order valence-corrected chi connectivity index (χ2v) is 6.97. The highest BCUT2D eigenvalue weighted by atomic mass is 16.6. The maximum absolute atomic E-state index is 12.3. The maximum Gasteiger partial charge on any atom is 0.271 e. The number of hydrogen-bond donors (Lipinski definition) is 1. The van der Waals surface area contributed by atoms with E-state index in [1.165, 1.54) is 23.1 Å². The summed E-state index contributed by atoms with van der Waals surface area (Å²) in [4.78, 5) is 36.1. The van der Waals surface area contributed by atoms with E-state index < -0.39 is 10.8 Å². The molecule has 1 atom stereocenters. The molecule has 2 amide bonds. The Hall–Kier alpha value is -2.64. The lowest BCUT2D eigenvalue weighted by atomic mass is 10.0. The van der Waals surface area contributed by atoms with Crippen molar-refractivity contribution < 1.29 is 19.2 Å². The summed E-state index contributed by atoms with van der Waals surface area (Å²) >= 11 is 0. The average Bonchev–Trinajstić information content (AvgIpc) is 2.56. The van der Waals surface area contributed by atoms with Crippen molar-refractivity contribution >= 4 is 23.2 Å². The monoisotopic (exact) mass is 363 g/mol. The molecular weight excluding hydrogens is 338 g/mol. The van der Waals surface area contributed by atoms with E-state index in [0.717, 1.165) is 19.3 Å². The summed E-state index contributed by atoms with van der Waals surface area (Å²) in [5.74, 6) is 0.277. The molecule has 0 spiro atoms. The summed E-state index contributed by atoms with van der Waals surface area (Å²) < 4.78 is 5.29. The number of non-ortho nitro benzene ring substituents is 1. The Balaban J connectivity index is 2.02. The van der Waals surface area contributed by atoms with Crippen molar-refractivity contribution in [3.8, 4) is 5.75 Å². The van der Waals surface area contributed by atoms with Crippen molar-refractivity contribution in [2.75, 3.05) is 18.1 Å². The van der Waals surface area contributed by atoms with E-state index in [9.17, 15) is 19.7 Å². The third-order valence-corrected chi connectivity index (χ3v) is 4.22. The number of benzene rings is 1. The predicted molar refractivity (Wildman–Crippen MR) is 97.2 cm³/mol. The molecule has 8 heteroatoms. The van der Waals surface area contributed by atoms with Crippen molar-refractivity contribution in [2.24, 2.45) is 5.92 Å². The van der Waals surface area contributed by atoms with E-state index in [4.69, 9.17) is 4.74 Å². The Labute approximate surface area is 152 Å². The number of carbonyl (C=O) groups excluding carboxylic acids is 2. The molecule has 1 aromatic rings. The summed E-state index contributed by atoms with van der Waals surface area (Å²) in [6, 6.07) is 4.01. The van der Waals surface area contributed by atoms with Gasteiger partial charge in [-0.3, -0.25) is 24.6 Å². The quantitative estimate of drug-likeness (QED) is 0.565. The lowest BCUT2D eigenvalue weighted by Gasteiger charge is -2.29. The van der Waals surface area contributed by atoms with Crippen LogP contribution in [-0.2, 0) is 9.59 Å². The van der Waals surface area contributed by atoms with Crippen LogP contribution in [0.5, 0.6) is 5.75 Å². The second kappa shape index (κ2) is 8.64. The molecule has 1 aromatic carbocycles. The third kappa shape index (κ3) is 5.18. The minimum absolute atomic E-state index is 0.00183. The highest BCUT2D eigenvalue weighted by Gasteiger charge is 2.29. The van der Waals surface area contributed by atoms with Gasteiger partial charge in [0.2, 0.25) is 5.91 Å². The van der Waals surface area contributed by atoms with E-state index in [1.807, 2.05) is 6.92 Å². The highest BCUT2D eigenvalue weighted by molar-refractivity contribution is 6.02. The van der Waals surface area contributed by atoms with Crippen LogP contribution in [0.15, 0.2) is 18.2 Å². The zero-order valence-electron chi connectivity index (χ0n) is 15.4. The Morgan fingerprint density at radius 1 is 1.35 bits per heavy atom. The van der Waals surface area contributed by atoms with Crippen molar-refractivity contribution in [1.29, 1.82) is 0 Å². The Morgan fingerprint density at radius 2 is 2.08 bits per heavy atom. The van der Waals surface area contributed by atoms with Crippen LogP contribution < -0.4 is 15.0 Å². The number of rotatable bonds is 8. The Morgan fingerprint density at radius 3 is 2.73 bits per heavy atom. The molecule has 1 aliphatic heterocycles. The van der Waals surface area contributed by atoms with E-state index in [2.05, 4.69) is 19.2 Å². The van der Waals surface area contributed by atoms with Crippen LogP contribution in [0, 0.1) is 16.0 Å². The summed E-state index contributed by atoms with van der Waals surface area (Å²) in [6.45, 7) is 5.86. The molecule has 0 fully saturated rings. The predicted octanol–water partition coefficient (Wildman–Crippen LogP) is 2.65.